The number of halogens is 2. The molecule has 0 aliphatic carbocycles. The standard InChI is InChI=1S/C17H19Cl2NO/c1-11-8-13(21-2)6-7-14(11)12(10-20)9-15-16(18)4-3-5-17(15)19/h3-8,12H,9-10,20H2,1-2H3. The zero-order valence-electron chi connectivity index (χ0n) is 12.2. The SMILES string of the molecule is COc1ccc(C(CN)Cc2c(Cl)cccc2Cl)c(C)c1. The Morgan fingerprint density at radius 2 is 1.81 bits per heavy atom. The first-order valence-electron chi connectivity index (χ1n) is 6.84. The van der Waals surface area contributed by atoms with Crippen LogP contribution in [0.15, 0.2) is 36.4 Å². The van der Waals surface area contributed by atoms with Crippen LogP contribution in [0.1, 0.15) is 22.6 Å². The summed E-state index contributed by atoms with van der Waals surface area (Å²) in [7, 11) is 1.67. The number of rotatable bonds is 5. The van der Waals surface area contributed by atoms with Crippen molar-refractivity contribution in [3.05, 3.63) is 63.1 Å². The second-order valence-corrected chi connectivity index (χ2v) is 5.87. The molecule has 2 aromatic rings. The lowest BCUT2D eigenvalue weighted by molar-refractivity contribution is 0.414. The maximum absolute atomic E-state index is 6.26. The molecule has 1 unspecified atom stereocenters. The van der Waals surface area contributed by atoms with Crippen molar-refractivity contribution in [3.63, 3.8) is 0 Å². The van der Waals surface area contributed by atoms with Crippen molar-refractivity contribution in [2.24, 2.45) is 5.73 Å². The van der Waals surface area contributed by atoms with Gasteiger partial charge in [-0.05, 0) is 60.8 Å². The van der Waals surface area contributed by atoms with E-state index in [0.717, 1.165) is 23.3 Å². The summed E-state index contributed by atoms with van der Waals surface area (Å²) in [6.45, 7) is 2.60. The van der Waals surface area contributed by atoms with E-state index in [0.29, 0.717) is 16.6 Å². The molecule has 0 aromatic heterocycles. The van der Waals surface area contributed by atoms with E-state index in [-0.39, 0.29) is 5.92 Å². The highest BCUT2D eigenvalue weighted by Gasteiger charge is 2.17. The minimum Gasteiger partial charge on any atom is -0.497 e. The maximum Gasteiger partial charge on any atom is 0.119 e. The van der Waals surface area contributed by atoms with Crippen LogP contribution in [0, 0.1) is 6.92 Å². The molecule has 2 N–H and O–H groups in total. The third kappa shape index (κ3) is 3.70. The summed E-state index contributed by atoms with van der Waals surface area (Å²) >= 11 is 12.5. The number of hydrogen-bond donors (Lipinski definition) is 1. The first-order valence-corrected chi connectivity index (χ1v) is 7.60. The quantitative estimate of drug-likeness (QED) is 0.873. The summed E-state index contributed by atoms with van der Waals surface area (Å²) in [6.07, 6.45) is 0.724. The summed E-state index contributed by atoms with van der Waals surface area (Å²) < 4.78 is 5.25. The lowest BCUT2D eigenvalue weighted by Crippen LogP contribution is -2.16. The molecule has 0 radical (unpaired) electrons. The summed E-state index contributed by atoms with van der Waals surface area (Å²) in [5, 5.41) is 1.37. The van der Waals surface area contributed by atoms with Crippen LogP contribution in [0.25, 0.3) is 0 Å². The van der Waals surface area contributed by atoms with Crippen LogP contribution in [0.4, 0.5) is 0 Å². The first kappa shape index (κ1) is 16.2. The molecule has 0 saturated heterocycles. The Balaban J connectivity index is 2.32. The van der Waals surface area contributed by atoms with E-state index in [1.165, 1.54) is 5.56 Å². The molecule has 0 heterocycles. The molecule has 21 heavy (non-hydrogen) atoms. The highest BCUT2D eigenvalue weighted by molar-refractivity contribution is 6.36. The van der Waals surface area contributed by atoms with Gasteiger partial charge in [-0.25, -0.2) is 0 Å². The molecule has 2 nitrogen and oxygen atoms in total. The smallest absolute Gasteiger partial charge is 0.119 e. The molecular formula is C17H19Cl2NO. The number of methoxy groups -OCH3 is 1. The topological polar surface area (TPSA) is 35.2 Å². The van der Waals surface area contributed by atoms with Crippen molar-refractivity contribution in [2.45, 2.75) is 19.3 Å². The molecule has 0 aliphatic heterocycles. The molecule has 4 heteroatoms. The zero-order valence-corrected chi connectivity index (χ0v) is 13.7. The third-order valence-corrected chi connectivity index (χ3v) is 4.42. The number of benzene rings is 2. The predicted molar refractivity (Wildman–Crippen MR) is 89.7 cm³/mol. The monoisotopic (exact) mass is 323 g/mol. The second-order valence-electron chi connectivity index (χ2n) is 5.06. The van der Waals surface area contributed by atoms with Crippen molar-refractivity contribution < 1.29 is 4.74 Å². The van der Waals surface area contributed by atoms with Gasteiger partial charge in [0.05, 0.1) is 7.11 Å². The Hall–Kier alpha value is -1.22. The summed E-state index contributed by atoms with van der Waals surface area (Å²) in [5.41, 5.74) is 9.29. The molecule has 0 spiro atoms. The fourth-order valence-electron chi connectivity index (χ4n) is 2.53. The van der Waals surface area contributed by atoms with Crippen LogP contribution in [0.5, 0.6) is 5.75 Å². The van der Waals surface area contributed by atoms with Gasteiger partial charge in [-0.15, -0.1) is 0 Å². The van der Waals surface area contributed by atoms with Crippen molar-refractivity contribution in [2.75, 3.05) is 13.7 Å². The fraction of sp³-hybridized carbons (Fsp3) is 0.294. The Bertz CT molecular complexity index is 608. The van der Waals surface area contributed by atoms with Crippen LogP contribution in [-0.2, 0) is 6.42 Å². The molecule has 0 fully saturated rings. The lowest BCUT2D eigenvalue weighted by Gasteiger charge is -2.19. The van der Waals surface area contributed by atoms with Gasteiger partial charge in [-0.3, -0.25) is 0 Å². The average Bonchev–Trinajstić information content (AvgIpc) is 2.47. The molecule has 0 bridgehead atoms. The normalized spacial score (nSPS) is 12.2. The Kier molecular flexibility index (Phi) is 5.51. The Morgan fingerprint density at radius 1 is 1.14 bits per heavy atom. The number of ether oxygens (including phenoxy) is 1. The van der Waals surface area contributed by atoms with Crippen LogP contribution >= 0.6 is 23.2 Å². The van der Waals surface area contributed by atoms with Gasteiger partial charge in [-0.2, -0.15) is 0 Å². The largest absolute Gasteiger partial charge is 0.497 e. The van der Waals surface area contributed by atoms with Crippen molar-refractivity contribution >= 4 is 23.2 Å². The lowest BCUT2D eigenvalue weighted by atomic mass is 9.89. The molecule has 0 aliphatic rings. The molecule has 112 valence electrons. The zero-order chi connectivity index (χ0) is 15.4. The van der Waals surface area contributed by atoms with E-state index in [1.807, 2.05) is 30.3 Å². The fourth-order valence-corrected chi connectivity index (χ4v) is 3.08. The second kappa shape index (κ2) is 7.17. The number of aryl methyl sites for hydroxylation is 1. The molecule has 1 atom stereocenters. The van der Waals surface area contributed by atoms with E-state index < -0.39 is 0 Å². The van der Waals surface area contributed by atoms with Gasteiger partial charge >= 0.3 is 0 Å². The average molecular weight is 324 g/mol. The van der Waals surface area contributed by atoms with E-state index in [4.69, 9.17) is 33.7 Å². The van der Waals surface area contributed by atoms with Gasteiger partial charge in [0.25, 0.3) is 0 Å². The summed E-state index contributed by atoms with van der Waals surface area (Å²) in [4.78, 5) is 0. The Morgan fingerprint density at radius 3 is 2.33 bits per heavy atom. The van der Waals surface area contributed by atoms with Crippen molar-refractivity contribution in [1.82, 2.24) is 0 Å². The van der Waals surface area contributed by atoms with E-state index in [2.05, 4.69) is 13.0 Å². The molecule has 0 saturated carbocycles. The third-order valence-electron chi connectivity index (χ3n) is 3.71. The Labute approximate surface area is 135 Å². The van der Waals surface area contributed by atoms with Gasteiger partial charge in [-0.1, -0.05) is 35.3 Å². The minimum atomic E-state index is 0.174. The molecule has 2 rings (SSSR count). The van der Waals surface area contributed by atoms with E-state index >= 15 is 0 Å². The van der Waals surface area contributed by atoms with Crippen LogP contribution in [-0.4, -0.2) is 13.7 Å². The molecule has 2 aromatic carbocycles. The van der Waals surface area contributed by atoms with Crippen LogP contribution in [0.3, 0.4) is 0 Å². The molecule has 0 amide bonds. The summed E-state index contributed by atoms with van der Waals surface area (Å²) in [6, 6.07) is 11.6. The van der Waals surface area contributed by atoms with E-state index in [1.54, 1.807) is 7.11 Å². The minimum absolute atomic E-state index is 0.174. The highest BCUT2D eigenvalue weighted by Crippen LogP contribution is 2.32. The van der Waals surface area contributed by atoms with Crippen LogP contribution in [0.2, 0.25) is 10.0 Å². The summed E-state index contributed by atoms with van der Waals surface area (Å²) in [5.74, 6) is 1.02. The number of nitrogens with two attached hydrogens (primary N) is 1. The van der Waals surface area contributed by atoms with Gasteiger partial charge in [0.2, 0.25) is 0 Å². The predicted octanol–water partition coefficient (Wildman–Crippen LogP) is 4.60. The first-order chi connectivity index (χ1) is 10.1. The van der Waals surface area contributed by atoms with Gasteiger partial charge in [0.15, 0.2) is 0 Å². The van der Waals surface area contributed by atoms with Crippen LogP contribution < -0.4 is 10.5 Å². The highest BCUT2D eigenvalue weighted by atomic mass is 35.5. The van der Waals surface area contributed by atoms with Crippen molar-refractivity contribution in [3.8, 4) is 5.75 Å². The molecular weight excluding hydrogens is 305 g/mol. The maximum atomic E-state index is 6.26. The number of hydrogen-bond acceptors (Lipinski definition) is 2. The van der Waals surface area contributed by atoms with Crippen molar-refractivity contribution in [1.29, 1.82) is 0 Å². The van der Waals surface area contributed by atoms with Gasteiger partial charge in [0, 0.05) is 16.0 Å². The van der Waals surface area contributed by atoms with E-state index in [9.17, 15) is 0 Å². The van der Waals surface area contributed by atoms with Gasteiger partial charge < -0.3 is 10.5 Å². The van der Waals surface area contributed by atoms with Gasteiger partial charge in [0.1, 0.15) is 5.75 Å².